The smallest absolute Gasteiger partial charge is 0.475 e. The van der Waals surface area contributed by atoms with Crippen LogP contribution >= 0.6 is 0 Å². The van der Waals surface area contributed by atoms with E-state index in [-0.39, 0.29) is 6.10 Å². The fourth-order valence-electron chi connectivity index (χ4n) is 2.50. The summed E-state index contributed by atoms with van der Waals surface area (Å²) < 4.78 is 31.7. The summed E-state index contributed by atoms with van der Waals surface area (Å²) in [4.78, 5) is 11.3. The predicted molar refractivity (Wildman–Crippen MR) is 84.8 cm³/mol. The molecule has 0 unspecified atom stereocenters. The number of β-amino-alcohol motifs (C(OH)–C–C–N with tert-alkyl or cyclic N) is 1. The molecule has 1 aromatic carbocycles. The summed E-state index contributed by atoms with van der Waals surface area (Å²) >= 11 is 0. The molecule has 136 valence electrons. The molecule has 0 bridgehead atoms. The lowest BCUT2D eigenvalue weighted by atomic mass is 10.1. The van der Waals surface area contributed by atoms with Gasteiger partial charge in [0, 0.05) is 13.1 Å². The Labute approximate surface area is 139 Å². The van der Waals surface area contributed by atoms with Crippen LogP contribution in [0.15, 0.2) is 30.3 Å². The molecule has 1 heterocycles. The topological polar surface area (TPSA) is 60.8 Å². The molecule has 1 aliphatic heterocycles. The van der Waals surface area contributed by atoms with E-state index in [1.165, 1.54) is 31.2 Å². The number of carboxylic acids is 1. The molecule has 0 spiro atoms. The minimum absolute atomic E-state index is 0.0701. The summed E-state index contributed by atoms with van der Waals surface area (Å²) in [7, 11) is 0. The van der Waals surface area contributed by atoms with E-state index in [0.717, 1.165) is 26.1 Å². The van der Waals surface area contributed by atoms with Crippen molar-refractivity contribution in [3.05, 3.63) is 35.9 Å². The Morgan fingerprint density at radius 1 is 1.17 bits per heavy atom. The standard InChI is InChI=1S/C15H23NO.C2HF3O2/c17-15-10-12-16(13-15)11-6-2-5-9-14-7-3-1-4-8-14;3-2(4,5)1(6)7/h1,3-4,7-8,15,17H,2,5-6,9-13H2;(H,6,7)/t15-;/m1./s1. The van der Waals surface area contributed by atoms with Gasteiger partial charge in [-0.15, -0.1) is 0 Å². The van der Waals surface area contributed by atoms with E-state index in [2.05, 4.69) is 35.2 Å². The van der Waals surface area contributed by atoms with Crippen LogP contribution in [0, 0.1) is 0 Å². The molecule has 1 aliphatic rings. The van der Waals surface area contributed by atoms with Gasteiger partial charge in [-0.2, -0.15) is 13.2 Å². The highest BCUT2D eigenvalue weighted by molar-refractivity contribution is 5.73. The summed E-state index contributed by atoms with van der Waals surface area (Å²) in [5, 5.41) is 16.5. The van der Waals surface area contributed by atoms with Gasteiger partial charge in [-0.25, -0.2) is 4.79 Å². The van der Waals surface area contributed by atoms with Gasteiger partial charge in [0.15, 0.2) is 0 Å². The van der Waals surface area contributed by atoms with Crippen LogP contribution < -0.4 is 0 Å². The van der Waals surface area contributed by atoms with Crippen molar-refractivity contribution >= 4 is 5.97 Å². The largest absolute Gasteiger partial charge is 0.490 e. The maximum absolute atomic E-state index is 10.6. The van der Waals surface area contributed by atoms with Crippen molar-refractivity contribution in [2.75, 3.05) is 19.6 Å². The van der Waals surface area contributed by atoms with Crippen molar-refractivity contribution in [1.82, 2.24) is 4.90 Å². The number of benzene rings is 1. The second kappa shape index (κ2) is 10.3. The summed E-state index contributed by atoms with van der Waals surface area (Å²) in [5.41, 5.74) is 1.45. The molecule has 0 saturated carbocycles. The van der Waals surface area contributed by atoms with Gasteiger partial charge >= 0.3 is 12.1 Å². The number of aliphatic carboxylic acids is 1. The van der Waals surface area contributed by atoms with E-state index in [9.17, 15) is 18.3 Å². The summed E-state index contributed by atoms with van der Waals surface area (Å²) in [6, 6.07) is 10.7. The molecular formula is C17H24F3NO3. The second-order valence-corrected chi connectivity index (χ2v) is 5.84. The third kappa shape index (κ3) is 8.88. The Bertz CT molecular complexity index is 480. The third-order valence-electron chi connectivity index (χ3n) is 3.77. The normalized spacial score (nSPS) is 18.1. The van der Waals surface area contributed by atoms with Crippen LogP contribution in [0.5, 0.6) is 0 Å². The molecule has 0 radical (unpaired) electrons. The number of aliphatic hydroxyl groups excluding tert-OH is 1. The Hall–Kier alpha value is -1.60. The first-order chi connectivity index (χ1) is 11.3. The molecule has 2 N–H and O–H groups in total. The summed E-state index contributed by atoms with van der Waals surface area (Å²) in [5.74, 6) is -2.76. The Morgan fingerprint density at radius 2 is 1.79 bits per heavy atom. The molecule has 0 aromatic heterocycles. The minimum Gasteiger partial charge on any atom is -0.475 e. The van der Waals surface area contributed by atoms with Crippen molar-refractivity contribution in [2.45, 2.75) is 44.4 Å². The van der Waals surface area contributed by atoms with E-state index in [0.29, 0.717) is 0 Å². The van der Waals surface area contributed by atoms with E-state index in [1.54, 1.807) is 0 Å². The van der Waals surface area contributed by atoms with Crippen molar-refractivity contribution < 1.29 is 28.2 Å². The number of carbonyl (C=O) groups is 1. The molecule has 2 rings (SSSR count). The van der Waals surface area contributed by atoms with Gasteiger partial charge in [0.05, 0.1) is 6.10 Å². The number of carboxylic acid groups (broad SMARTS) is 1. The number of nitrogens with zero attached hydrogens (tertiary/aromatic N) is 1. The second-order valence-electron chi connectivity index (χ2n) is 5.84. The number of hydrogen-bond acceptors (Lipinski definition) is 3. The average molecular weight is 347 g/mol. The molecule has 24 heavy (non-hydrogen) atoms. The molecule has 0 aliphatic carbocycles. The number of alkyl halides is 3. The monoisotopic (exact) mass is 347 g/mol. The molecular weight excluding hydrogens is 323 g/mol. The van der Waals surface area contributed by atoms with Crippen molar-refractivity contribution in [2.24, 2.45) is 0 Å². The summed E-state index contributed by atoms with van der Waals surface area (Å²) in [6.07, 6.45) is 0.842. The van der Waals surface area contributed by atoms with Crippen molar-refractivity contribution in [3.8, 4) is 0 Å². The minimum atomic E-state index is -5.08. The molecule has 1 saturated heterocycles. The predicted octanol–water partition coefficient (Wildman–Crippen LogP) is 3.10. The first-order valence-electron chi connectivity index (χ1n) is 8.03. The van der Waals surface area contributed by atoms with Crippen LogP contribution in [0.25, 0.3) is 0 Å². The lowest BCUT2D eigenvalue weighted by Crippen LogP contribution is -2.23. The van der Waals surface area contributed by atoms with Crippen LogP contribution in [0.4, 0.5) is 13.2 Å². The number of likely N-dealkylation sites (tertiary alicyclic amines) is 1. The van der Waals surface area contributed by atoms with Gasteiger partial charge in [0.2, 0.25) is 0 Å². The quantitative estimate of drug-likeness (QED) is 0.777. The number of aliphatic hydroxyl groups is 1. The van der Waals surface area contributed by atoms with Gasteiger partial charge in [0.1, 0.15) is 0 Å². The third-order valence-corrected chi connectivity index (χ3v) is 3.77. The van der Waals surface area contributed by atoms with Crippen LogP contribution in [-0.2, 0) is 11.2 Å². The Kier molecular flexibility index (Phi) is 8.78. The summed E-state index contributed by atoms with van der Waals surface area (Å²) in [6.45, 7) is 3.13. The highest BCUT2D eigenvalue weighted by Crippen LogP contribution is 2.13. The van der Waals surface area contributed by atoms with Crippen molar-refractivity contribution in [1.29, 1.82) is 0 Å². The molecule has 1 fully saturated rings. The highest BCUT2D eigenvalue weighted by atomic mass is 19.4. The maximum Gasteiger partial charge on any atom is 0.490 e. The fourth-order valence-corrected chi connectivity index (χ4v) is 2.50. The zero-order chi connectivity index (χ0) is 18.0. The lowest BCUT2D eigenvalue weighted by molar-refractivity contribution is -0.192. The van der Waals surface area contributed by atoms with Crippen LogP contribution in [0.2, 0.25) is 0 Å². The van der Waals surface area contributed by atoms with E-state index < -0.39 is 12.1 Å². The molecule has 1 atom stereocenters. The van der Waals surface area contributed by atoms with Crippen LogP contribution in [0.3, 0.4) is 0 Å². The Morgan fingerprint density at radius 3 is 2.29 bits per heavy atom. The maximum atomic E-state index is 10.6. The number of aryl methyl sites for hydroxylation is 1. The number of rotatable bonds is 6. The van der Waals surface area contributed by atoms with Gasteiger partial charge in [-0.3, -0.25) is 0 Å². The highest BCUT2D eigenvalue weighted by Gasteiger charge is 2.38. The van der Waals surface area contributed by atoms with Gasteiger partial charge < -0.3 is 15.1 Å². The molecule has 1 aromatic rings. The first-order valence-corrected chi connectivity index (χ1v) is 8.03. The van der Waals surface area contributed by atoms with E-state index >= 15 is 0 Å². The zero-order valence-corrected chi connectivity index (χ0v) is 13.5. The first kappa shape index (κ1) is 20.4. The fraction of sp³-hybridized carbons (Fsp3) is 0.588. The zero-order valence-electron chi connectivity index (χ0n) is 13.5. The van der Waals surface area contributed by atoms with Gasteiger partial charge in [-0.05, 0) is 37.8 Å². The average Bonchev–Trinajstić information content (AvgIpc) is 2.93. The molecule has 4 nitrogen and oxygen atoms in total. The van der Waals surface area contributed by atoms with Gasteiger partial charge in [0.25, 0.3) is 0 Å². The number of hydrogen-bond donors (Lipinski definition) is 2. The lowest BCUT2D eigenvalue weighted by Gasteiger charge is -2.14. The van der Waals surface area contributed by atoms with Crippen molar-refractivity contribution in [3.63, 3.8) is 0 Å². The molecule has 7 heteroatoms. The number of unbranched alkanes of at least 4 members (excludes halogenated alkanes) is 2. The SMILES string of the molecule is O=C(O)C(F)(F)F.O[C@@H]1CCN(CCCCCc2ccccc2)C1. The van der Waals surface area contributed by atoms with Crippen LogP contribution in [-0.4, -0.2) is 53.0 Å². The molecule has 0 amide bonds. The van der Waals surface area contributed by atoms with E-state index in [1.807, 2.05) is 0 Å². The van der Waals surface area contributed by atoms with E-state index in [4.69, 9.17) is 9.90 Å². The Balaban J connectivity index is 0.000000351. The van der Waals surface area contributed by atoms with Gasteiger partial charge in [-0.1, -0.05) is 36.8 Å². The number of halogens is 3. The van der Waals surface area contributed by atoms with Crippen LogP contribution in [0.1, 0.15) is 31.2 Å².